The van der Waals surface area contributed by atoms with Crippen molar-refractivity contribution in [3.63, 3.8) is 0 Å². The highest BCUT2D eigenvalue weighted by atomic mass is 35.5. The van der Waals surface area contributed by atoms with E-state index in [0.29, 0.717) is 11.6 Å². The summed E-state index contributed by atoms with van der Waals surface area (Å²) in [5, 5.41) is 21.6. The first-order valence-corrected chi connectivity index (χ1v) is 7.84. The smallest absolute Gasteiger partial charge is 0.250 e. The maximum absolute atomic E-state index is 11.2. The lowest BCUT2D eigenvalue weighted by Crippen LogP contribution is -2.47. The van der Waals surface area contributed by atoms with E-state index >= 15 is 0 Å². The van der Waals surface area contributed by atoms with Crippen molar-refractivity contribution in [2.75, 3.05) is 18.6 Å². The van der Waals surface area contributed by atoms with Gasteiger partial charge in [-0.3, -0.25) is 4.79 Å². The standard InChI is InChI=1S/C12H17ClN2O4S/c1-7-14-8(17)3-4-15(7)11-9(13)10(18)12(5-16,19-11)6-20-2/h3-4,9-11,16,18H,1,5-6H2,2H3,(H,14,17)/t9-,10+,11-,12+/m1/s1. The molecule has 2 aliphatic heterocycles. The zero-order valence-corrected chi connectivity index (χ0v) is 12.5. The number of rotatable bonds is 4. The molecule has 2 heterocycles. The van der Waals surface area contributed by atoms with Crippen LogP contribution >= 0.6 is 23.4 Å². The molecule has 0 saturated carbocycles. The van der Waals surface area contributed by atoms with Gasteiger partial charge in [-0.05, 0) is 6.26 Å². The van der Waals surface area contributed by atoms with E-state index in [2.05, 4.69) is 11.9 Å². The van der Waals surface area contributed by atoms with Crippen molar-refractivity contribution in [3.05, 3.63) is 24.7 Å². The SMILES string of the molecule is C=C1NC(=O)C=CN1[C@@H]1O[C@@](CO)(CSC)[C@@H](O)[C@H]1Cl. The molecular formula is C12H17ClN2O4S. The minimum atomic E-state index is -1.12. The van der Waals surface area contributed by atoms with Gasteiger partial charge in [0.1, 0.15) is 22.9 Å². The predicted molar refractivity (Wildman–Crippen MR) is 77.0 cm³/mol. The van der Waals surface area contributed by atoms with Gasteiger partial charge in [-0.15, -0.1) is 11.6 Å². The predicted octanol–water partition coefficient (Wildman–Crippen LogP) is -0.178. The first-order valence-electron chi connectivity index (χ1n) is 6.01. The average molecular weight is 321 g/mol. The van der Waals surface area contributed by atoms with Crippen molar-refractivity contribution in [1.29, 1.82) is 0 Å². The molecule has 4 atom stereocenters. The van der Waals surface area contributed by atoms with Crippen LogP contribution in [0.2, 0.25) is 0 Å². The number of aliphatic hydroxyl groups is 2. The van der Waals surface area contributed by atoms with Crippen LogP contribution in [0.25, 0.3) is 0 Å². The molecule has 6 nitrogen and oxygen atoms in total. The number of aliphatic hydroxyl groups excluding tert-OH is 2. The van der Waals surface area contributed by atoms with Gasteiger partial charge in [-0.25, -0.2) is 0 Å². The van der Waals surface area contributed by atoms with Crippen molar-refractivity contribution in [3.8, 4) is 0 Å². The largest absolute Gasteiger partial charge is 0.393 e. The lowest BCUT2D eigenvalue weighted by atomic mass is 10.00. The monoisotopic (exact) mass is 320 g/mol. The van der Waals surface area contributed by atoms with Crippen molar-refractivity contribution in [2.45, 2.75) is 23.3 Å². The molecule has 8 heteroatoms. The van der Waals surface area contributed by atoms with E-state index in [9.17, 15) is 15.0 Å². The van der Waals surface area contributed by atoms with Crippen molar-refractivity contribution >= 4 is 29.3 Å². The zero-order valence-electron chi connectivity index (χ0n) is 11.0. The second-order valence-electron chi connectivity index (χ2n) is 4.71. The van der Waals surface area contributed by atoms with E-state index in [1.807, 2.05) is 6.26 Å². The first-order chi connectivity index (χ1) is 9.45. The average Bonchev–Trinajstić information content (AvgIpc) is 2.65. The van der Waals surface area contributed by atoms with Gasteiger partial charge in [0.25, 0.3) is 5.91 Å². The Labute approximate surface area is 126 Å². The number of nitrogens with zero attached hydrogens (tertiary/aromatic N) is 1. The Morgan fingerprint density at radius 2 is 2.40 bits per heavy atom. The van der Waals surface area contributed by atoms with Crippen LogP contribution in [0.1, 0.15) is 0 Å². The summed E-state index contributed by atoms with van der Waals surface area (Å²) in [5.41, 5.74) is -1.12. The molecule has 112 valence electrons. The minimum absolute atomic E-state index is 0.284. The maximum Gasteiger partial charge on any atom is 0.250 e. The van der Waals surface area contributed by atoms with E-state index < -0.39 is 23.3 Å². The van der Waals surface area contributed by atoms with Crippen molar-refractivity contribution < 1.29 is 19.7 Å². The van der Waals surface area contributed by atoms with Crippen LogP contribution in [0.5, 0.6) is 0 Å². The summed E-state index contributed by atoms with van der Waals surface area (Å²) in [5.74, 6) is 0.438. The van der Waals surface area contributed by atoms with Crippen LogP contribution in [0.3, 0.4) is 0 Å². The van der Waals surface area contributed by atoms with Crippen LogP contribution in [0.15, 0.2) is 24.7 Å². The van der Waals surface area contributed by atoms with Gasteiger partial charge in [0.15, 0.2) is 6.23 Å². The highest BCUT2D eigenvalue weighted by molar-refractivity contribution is 7.98. The number of alkyl halides is 1. The van der Waals surface area contributed by atoms with Gasteiger partial charge in [0, 0.05) is 18.0 Å². The molecule has 0 bridgehead atoms. The highest BCUT2D eigenvalue weighted by Crippen LogP contribution is 2.38. The van der Waals surface area contributed by atoms with E-state index in [0.717, 1.165) is 0 Å². The Morgan fingerprint density at radius 3 is 2.95 bits per heavy atom. The van der Waals surface area contributed by atoms with E-state index in [-0.39, 0.29) is 12.5 Å². The third-order valence-corrected chi connectivity index (χ3v) is 4.60. The summed E-state index contributed by atoms with van der Waals surface area (Å²) in [6, 6.07) is 0. The molecule has 0 aromatic carbocycles. The second-order valence-corrected chi connectivity index (χ2v) is 6.08. The van der Waals surface area contributed by atoms with Crippen molar-refractivity contribution in [2.24, 2.45) is 0 Å². The Morgan fingerprint density at radius 1 is 1.70 bits per heavy atom. The quantitative estimate of drug-likeness (QED) is 0.624. The molecule has 0 aromatic rings. The fraction of sp³-hybridized carbons (Fsp3) is 0.583. The minimum Gasteiger partial charge on any atom is -0.393 e. The zero-order chi connectivity index (χ0) is 14.9. The molecule has 0 unspecified atom stereocenters. The first kappa shape index (κ1) is 15.7. The molecule has 2 aliphatic rings. The van der Waals surface area contributed by atoms with Crippen molar-refractivity contribution in [1.82, 2.24) is 10.2 Å². The number of ether oxygens (including phenoxy) is 1. The van der Waals surface area contributed by atoms with E-state index in [4.69, 9.17) is 16.3 Å². The lowest BCUT2D eigenvalue weighted by molar-refractivity contribution is -0.125. The molecule has 20 heavy (non-hydrogen) atoms. The van der Waals surface area contributed by atoms with Gasteiger partial charge < -0.3 is 25.2 Å². The normalized spacial score (nSPS) is 37.4. The van der Waals surface area contributed by atoms with Gasteiger partial charge >= 0.3 is 0 Å². The second kappa shape index (κ2) is 5.95. The molecule has 2 rings (SSSR count). The number of carbonyl (C=O) groups is 1. The molecule has 0 radical (unpaired) electrons. The Balaban J connectivity index is 2.24. The molecule has 0 aromatic heterocycles. The Bertz CT molecular complexity index is 447. The molecule has 3 N–H and O–H groups in total. The third kappa shape index (κ3) is 2.56. The molecular weight excluding hydrogens is 304 g/mol. The molecule has 0 spiro atoms. The van der Waals surface area contributed by atoms with Crippen LogP contribution in [-0.2, 0) is 9.53 Å². The fourth-order valence-electron chi connectivity index (χ4n) is 2.30. The summed E-state index contributed by atoms with van der Waals surface area (Å²) in [7, 11) is 0. The number of hydrogen-bond acceptors (Lipinski definition) is 6. The number of thioether (sulfide) groups is 1. The summed E-state index contributed by atoms with van der Waals surface area (Å²) in [6.45, 7) is 3.38. The molecule has 1 saturated heterocycles. The number of amides is 1. The Hall–Kier alpha value is -0.730. The third-order valence-electron chi connectivity index (χ3n) is 3.36. The number of carbonyl (C=O) groups excluding carboxylic acids is 1. The topological polar surface area (TPSA) is 82.0 Å². The number of hydrogen-bond donors (Lipinski definition) is 3. The van der Waals surface area contributed by atoms with E-state index in [1.54, 1.807) is 4.90 Å². The van der Waals surface area contributed by atoms with Gasteiger partial charge in [0.05, 0.1) is 6.61 Å². The number of halogens is 1. The molecule has 0 aliphatic carbocycles. The lowest BCUT2D eigenvalue weighted by Gasteiger charge is -2.34. The summed E-state index contributed by atoms with van der Waals surface area (Å²) in [6.07, 6.45) is 2.94. The summed E-state index contributed by atoms with van der Waals surface area (Å²) in [4.78, 5) is 12.8. The van der Waals surface area contributed by atoms with Gasteiger partial charge in [0.2, 0.25) is 0 Å². The van der Waals surface area contributed by atoms with Crippen LogP contribution < -0.4 is 5.32 Å². The fourth-order valence-corrected chi connectivity index (χ4v) is 3.52. The number of nitrogens with one attached hydrogen (secondary N) is 1. The van der Waals surface area contributed by atoms with Crippen LogP contribution in [0, 0.1) is 0 Å². The summed E-state index contributed by atoms with van der Waals surface area (Å²) >= 11 is 7.68. The van der Waals surface area contributed by atoms with E-state index in [1.165, 1.54) is 24.0 Å². The molecule has 1 amide bonds. The highest BCUT2D eigenvalue weighted by Gasteiger charge is 2.55. The van der Waals surface area contributed by atoms with Crippen LogP contribution in [-0.4, -0.2) is 62.9 Å². The summed E-state index contributed by atoms with van der Waals surface area (Å²) < 4.78 is 5.82. The maximum atomic E-state index is 11.2. The van der Waals surface area contributed by atoms with Gasteiger partial charge in [-0.1, -0.05) is 6.58 Å². The van der Waals surface area contributed by atoms with Gasteiger partial charge in [-0.2, -0.15) is 11.8 Å². The van der Waals surface area contributed by atoms with Crippen LogP contribution in [0.4, 0.5) is 0 Å². The Kier molecular flexibility index (Phi) is 4.66. The molecule has 1 fully saturated rings.